The monoisotopic (exact) mass is 262 g/mol. The normalized spacial score (nSPS) is 12.4. The largest absolute Gasteiger partial charge is 0.334 e. The molecule has 4 heteroatoms. The fourth-order valence-corrected chi connectivity index (χ4v) is 2.52. The molecule has 0 fully saturated rings. The average Bonchev–Trinajstić information content (AvgIpc) is 2.16. The van der Waals surface area contributed by atoms with E-state index in [-0.39, 0.29) is 0 Å². The standard InChI is InChI=1S/C13H27O3P/c1-6-11-17(14,15-9-7-12(2)3)16-10-8-13(4)5/h6,12-13H,1,7-11H2,2-5H3. The summed E-state index contributed by atoms with van der Waals surface area (Å²) in [5.41, 5.74) is 0. The molecule has 0 atom stereocenters. The summed E-state index contributed by atoms with van der Waals surface area (Å²) >= 11 is 0. The van der Waals surface area contributed by atoms with E-state index >= 15 is 0 Å². The molecule has 0 unspecified atom stereocenters. The van der Waals surface area contributed by atoms with Crippen LogP contribution in [0.25, 0.3) is 0 Å². The van der Waals surface area contributed by atoms with Gasteiger partial charge in [0.2, 0.25) is 0 Å². The lowest BCUT2D eigenvalue weighted by Gasteiger charge is -2.18. The third-order valence-corrected chi connectivity index (χ3v) is 4.18. The fourth-order valence-electron chi connectivity index (χ4n) is 1.16. The average molecular weight is 262 g/mol. The van der Waals surface area contributed by atoms with Gasteiger partial charge in [0.05, 0.1) is 19.4 Å². The Balaban J connectivity index is 4.06. The van der Waals surface area contributed by atoms with E-state index in [1.165, 1.54) is 0 Å². The topological polar surface area (TPSA) is 35.5 Å². The van der Waals surface area contributed by atoms with Crippen molar-refractivity contribution in [1.82, 2.24) is 0 Å². The van der Waals surface area contributed by atoms with Crippen molar-refractivity contribution in [3.63, 3.8) is 0 Å². The first-order valence-corrected chi connectivity index (χ1v) is 8.11. The molecule has 0 heterocycles. The van der Waals surface area contributed by atoms with Gasteiger partial charge in [-0.25, -0.2) is 0 Å². The first-order valence-electron chi connectivity index (χ1n) is 6.38. The molecule has 0 aliphatic heterocycles. The first kappa shape index (κ1) is 16.9. The number of rotatable bonds is 10. The molecule has 0 spiro atoms. The summed E-state index contributed by atoms with van der Waals surface area (Å²) in [7, 11) is -2.95. The SMILES string of the molecule is C=CCP(=O)(OCCC(C)C)OCCC(C)C. The fraction of sp³-hybridized carbons (Fsp3) is 0.846. The predicted octanol–water partition coefficient (Wildman–Crippen LogP) is 4.49. The lowest BCUT2D eigenvalue weighted by molar-refractivity contribution is 0.191. The van der Waals surface area contributed by atoms with Crippen molar-refractivity contribution in [2.24, 2.45) is 11.8 Å². The van der Waals surface area contributed by atoms with Crippen LogP contribution < -0.4 is 0 Å². The minimum Gasteiger partial charge on any atom is -0.308 e. The van der Waals surface area contributed by atoms with Gasteiger partial charge in [0.25, 0.3) is 0 Å². The van der Waals surface area contributed by atoms with Crippen molar-refractivity contribution in [3.8, 4) is 0 Å². The molecule has 3 nitrogen and oxygen atoms in total. The number of hydrogen-bond donors (Lipinski definition) is 0. The third kappa shape index (κ3) is 9.58. The van der Waals surface area contributed by atoms with Gasteiger partial charge in [-0.15, -0.1) is 6.58 Å². The molecule has 0 aromatic carbocycles. The van der Waals surface area contributed by atoms with Crippen LogP contribution in [-0.4, -0.2) is 19.4 Å². The Morgan fingerprint density at radius 2 is 1.47 bits per heavy atom. The Kier molecular flexibility index (Phi) is 8.85. The molecule has 0 radical (unpaired) electrons. The van der Waals surface area contributed by atoms with E-state index in [9.17, 15) is 4.57 Å². The Morgan fingerprint density at radius 3 is 1.76 bits per heavy atom. The molecule has 0 amide bonds. The van der Waals surface area contributed by atoms with E-state index in [0.717, 1.165) is 12.8 Å². The van der Waals surface area contributed by atoms with Gasteiger partial charge in [0, 0.05) is 0 Å². The zero-order valence-electron chi connectivity index (χ0n) is 11.6. The second-order valence-corrected chi connectivity index (χ2v) is 7.22. The van der Waals surface area contributed by atoms with Gasteiger partial charge in [0.15, 0.2) is 0 Å². The van der Waals surface area contributed by atoms with Gasteiger partial charge in [-0.2, -0.15) is 0 Å². The number of allylic oxidation sites excluding steroid dienone is 1. The lowest BCUT2D eigenvalue weighted by atomic mass is 10.2. The van der Waals surface area contributed by atoms with Crippen LogP contribution in [0, 0.1) is 11.8 Å². The van der Waals surface area contributed by atoms with Gasteiger partial charge < -0.3 is 9.05 Å². The highest BCUT2D eigenvalue weighted by atomic mass is 31.2. The van der Waals surface area contributed by atoms with Crippen molar-refractivity contribution >= 4 is 7.60 Å². The van der Waals surface area contributed by atoms with Crippen molar-refractivity contribution in [1.29, 1.82) is 0 Å². The van der Waals surface area contributed by atoms with E-state index in [1.807, 2.05) is 0 Å². The highest BCUT2D eigenvalue weighted by Gasteiger charge is 2.22. The maximum absolute atomic E-state index is 12.3. The molecule has 0 bridgehead atoms. The van der Waals surface area contributed by atoms with Crippen LogP contribution in [0.4, 0.5) is 0 Å². The first-order chi connectivity index (χ1) is 7.89. The molecule has 0 aliphatic carbocycles. The van der Waals surface area contributed by atoms with Gasteiger partial charge in [-0.05, 0) is 24.7 Å². The molecular weight excluding hydrogens is 235 g/mol. The molecule has 0 aromatic rings. The maximum Gasteiger partial charge on any atom is 0.334 e. The smallest absolute Gasteiger partial charge is 0.308 e. The van der Waals surface area contributed by atoms with Crippen LogP contribution in [0.5, 0.6) is 0 Å². The van der Waals surface area contributed by atoms with Crippen LogP contribution in [0.1, 0.15) is 40.5 Å². The van der Waals surface area contributed by atoms with E-state index in [1.54, 1.807) is 6.08 Å². The molecule has 0 aliphatic rings. The third-order valence-electron chi connectivity index (χ3n) is 2.32. The Morgan fingerprint density at radius 1 is 1.06 bits per heavy atom. The zero-order valence-corrected chi connectivity index (χ0v) is 12.5. The molecule has 17 heavy (non-hydrogen) atoms. The second-order valence-electron chi connectivity index (χ2n) is 5.11. The van der Waals surface area contributed by atoms with Gasteiger partial charge in [-0.1, -0.05) is 33.8 Å². The highest BCUT2D eigenvalue weighted by molar-refractivity contribution is 7.54. The van der Waals surface area contributed by atoms with E-state index in [4.69, 9.17) is 9.05 Å². The minimum absolute atomic E-state index is 0.295. The summed E-state index contributed by atoms with van der Waals surface area (Å²) in [6.45, 7) is 13.0. The summed E-state index contributed by atoms with van der Waals surface area (Å²) in [4.78, 5) is 0. The van der Waals surface area contributed by atoms with Gasteiger partial charge in [-0.3, -0.25) is 4.57 Å². The Labute approximate surface area is 106 Å². The molecule has 0 saturated carbocycles. The molecular formula is C13H27O3P. The van der Waals surface area contributed by atoms with Gasteiger partial charge >= 0.3 is 7.60 Å². The van der Waals surface area contributed by atoms with E-state index in [0.29, 0.717) is 31.2 Å². The van der Waals surface area contributed by atoms with E-state index < -0.39 is 7.60 Å². The summed E-state index contributed by atoms with van der Waals surface area (Å²) in [5, 5.41) is 0. The highest BCUT2D eigenvalue weighted by Crippen LogP contribution is 2.48. The quantitative estimate of drug-likeness (QED) is 0.430. The lowest BCUT2D eigenvalue weighted by Crippen LogP contribution is -2.05. The van der Waals surface area contributed by atoms with Crippen molar-refractivity contribution in [2.45, 2.75) is 40.5 Å². The summed E-state index contributed by atoms with van der Waals surface area (Å²) in [6, 6.07) is 0. The minimum atomic E-state index is -2.95. The van der Waals surface area contributed by atoms with E-state index in [2.05, 4.69) is 34.3 Å². The number of hydrogen-bond acceptors (Lipinski definition) is 3. The molecule has 102 valence electrons. The van der Waals surface area contributed by atoms with Crippen molar-refractivity contribution < 1.29 is 13.6 Å². The van der Waals surface area contributed by atoms with Crippen LogP contribution in [-0.2, 0) is 13.6 Å². The maximum atomic E-state index is 12.3. The van der Waals surface area contributed by atoms with Crippen LogP contribution in [0.3, 0.4) is 0 Å². The van der Waals surface area contributed by atoms with Crippen LogP contribution >= 0.6 is 7.60 Å². The van der Waals surface area contributed by atoms with Crippen LogP contribution in [0.2, 0.25) is 0 Å². The molecule has 0 rings (SSSR count). The summed E-state index contributed by atoms with van der Waals surface area (Å²) < 4.78 is 23.1. The molecule has 0 aromatic heterocycles. The second kappa shape index (κ2) is 8.91. The Bertz CT molecular complexity index is 231. The van der Waals surface area contributed by atoms with Crippen molar-refractivity contribution in [2.75, 3.05) is 19.4 Å². The molecule has 0 saturated heterocycles. The summed E-state index contributed by atoms with van der Waals surface area (Å²) in [6.07, 6.45) is 3.69. The Hall–Kier alpha value is -0.110. The van der Waals surface area contributed by atoms with Crippen molar-refractivity contribution in [3.05, 3.63) is 12.7 Å². The predicted molar refractivity (Wildman–Crippen MR) is 73.5 cm³/mol. The molecule has 0 N–H and O–H groups in total. The van der Waals surface area contributed by atoms with Crippen LogP contribution in [0.15, 0.2) is 12.7 Å². The zero-order chi connectivity index (χ0) is 13.3. The summed E-state index contributed by atoms with van der Waals surface area (Å²) in [5.74, 6) is 1.09. The van der Waals surface area contributed by atoms with Gasteiger partial charge in [0.1, 0.15) is 0 Å².